The number of hydrogen-bond acceptors (Lipinski definition) is 5. The predicted octanol–water partition coefficient (Wildman–Crippen LogP) is 5.39. The molecular formula is C20H23N3OS. The van der Waals surface area contributed by atoms with Gasteiger partial charge in [0.25, 0.3) is 0 Å². The maximum atomic E-state index is 8.07. The van der Waals surface area contributed by atoms with E-state index in [1.807, 2.05) is 62.4 Å². The van der Waals surface area contributed by atoms with Crippen molar-refractivity contribution in [3.63, 3.8) is 0 Å². The summed E-state index contributed by atoms with van der Waals surface area (Å²) in [6.07, 6.45) is 0. The SMILES string of the molecule is CC.COc1ccc(Sc2c(C(C)=N)c(N)nc3ccccc23)cc1. The third-order valence-electron chi connectivity index (χ3n) is 3.53. The van der Waals surface area contributed by atoms with Crippen LogP contribution in [0, 0.1) is 5.41 Å². The van der Waals surface area contributed by atoms with Crippen LogP contribution < -0.4 is 10.5 Å². The lowest BCUT2D eigenvalue weighted by molar-refractivity contribution is 0.414. The van der Waals surface area contributed by atoms with Gasteiger partial charge in [-0.05, 0) is 37.3 Å². The highest BCUT2D eigenvalue weighted by atomic mass is 32.2. The Kier molecular flexibility index (Phi) is 6.42. The molecule has 0 atom stereocenters. The first kappa shape index (κ1) is 18.8. The number of fused-ring (bicyclic) bond motifs is 1. The van der Waals surface area contributed by atoms with Crippen LogP contribution >= 0.6 is 11.8 Å². The summed E-state index contributed by atoms with van der Waals surface area (Å²) >= 11 is 1.59. The van der Waals surface area contributed by atoms with Crippen molar-refractivity contribution >= 4 is 34.2 Å². The summed E-state index contributed by atoms with van der Waals surface area (Å²) < 4.78 is 5.20. The van der Waals surface area contributed by atoms with Gasteiger partial charge in [0.05, 0.1) is 18.2 Å². The van der Waals surface area contributed by atoms with Crippen molar-refractivity contribution in [2.45, 2.75) is 30.6 Å². The zero-order chi connectivity index (χ0) is 18.4. The van der Waals surface area contributed by atoms with Gasteiger partial charge in [0.15, 0.2) is 0 Å². The van der Waals surface area contributed by atoms with E-state index in [0.717, 1.165) is 26.4 Å². The second kappa shape index (κ2) is 8.53. The van der Waals surface area contributed by atoms with Crippen LogP contribution in [-0.2, 0) is 0 Å². The quantitative estimate of drug-likeness (QED) is 0.617. The van der Waals surface area contributed by atoms with E-state index in [9.17, 15) is 0 Å². The van der Waals surface area contributed by atoms with Crippen molar-refractivity contribution in [2.75, 3.05) is 12.8 Å². The summed E-state index contributed by atoms with van der Waals surface area (Å²) in [5, 5.41) is 9.07. The Balaban J connectivity index is 0.00000109. The molecule has 5 heteroatoms. The van der Waals surface area contributed by atoms with Crippen LogP contribution in [0.15, 0.2) is 58.3 Å². The molecule has 3 rings (SSSR count). The summed E-state index contributed by atoms with van der Waals surface area (Å²) in [4.78, 5) is 6.45. The molecule has 3 N–H and O–H groups in total. The third kappa shape index (κ3) is 4.12. The Bertz CT molecular complexity index is 876. The number of hydrogen-bond donors (Lipinski definition) is 2. The standard InChI is InChI=1S/C18H17N3OS.C2H6/c1-11(19)16-17(23-13-9-7-12(22-2)8-10-13)14-5-3-4-6-15(14)21-18(16)20;1-2/h3-10,19H,1-2H3,(H2,20,21);1-2H3. The van der Waals surface area contributed by atoms with Crippen LogP contribution in [0.1, 0.15) is 26.3 Å². The number of ether oxygens (including phenoxy) is 1. The molecule has 1 heterocycles. The van der Waals surface area contributed by atoms with Crippen LogP contribution in [0.5, 0.6) is 5.75 Å². The van der Waals surface area contributed by atoms with E-state index in [1.54, 1.807) is 25.8 Å². The first-order valence-electron chi connectivity index (χ1n) is 8.16. The lowest BCUT2D eigenvalue weighted by Crippen LogP contribution is -2.05. The molecule has 0 saturated carbocycles. The van der Waals surface area contributed by atoms with E-state index in [0.29, 0.717) is 17.1 Å². The normalized spacial score (nSPS) is 10.1. The van der Waals surface area contributed by atoms with Crippen LogP contribution in [-0.4, -0.2) is 17.8 Å². The number of pyridine rings is 1. The number of nitrogen functional groups attached to an aromatic ring is 1. The molecule has 0 saturated heterocycles. The number of methoxy groups -OCH3 is 1. The fraction of sp³-hybridized carbons (Fsp3) is 0.200. The van der Waals surface area contributed by atoms with Crippen LogP contribution in [0.4, 0.5) is 5.82 Å². The van der Waals surface area contributed by atoms with Gasteiger partial charge in [0.1, 0.15) is 11.6 Å². The Morgan fingerprint density at radius 3 is 2.32 bits per heavy atom. The van der Waals surface area contributed by atoms with E-state index in [2.05, 4.69) is 4.98 Å². The molecule has 0 aliphatic rings. The minimum absolute atomic E-state index is 0.396. The fourth-order valence-electron chi connectivity index (χ4n) is 2.43. The fourth-order valence-corrected chi connectivity index (χ4v) is 3.58. The summed E-state index contributed by atoms with van der Waals surface area (Å²) in [6.45, 7) is 5.74. The monoisotopic (exact) mass is 353 g/mol. The Morgan fingerprint density at radius 2 is 1.72 bits per heavy atom. The summed E-state index contributed by atoms with van der Waals surface area (Å²) in [7, 11) is 1.65. The zero-order valence-corrected chi connectivity index (χ0v) is 15.8. The predicted molar refractivity (Wildman–Crippen MR) is 107 cm³/mol. The number of benzene rings is 2. The lowest BCUT2D eigenvalue weighted by atomic mass is 10.1. The first-order chi connectivity index (χ1) is 12.1. The zero-order valence-electron chi connectivity index (χ0n) is 15.0. The number of anilines is 1. The van der Waals surface area contributed by atoms with Gasteiger partial charge in [-0.15, -0.1) is 0 Å². The molecular weight excluding hydrogens is 330 g/mol. The number of nitrogens with zero attached hydrogens (tertiary/aromatic N) is 1. The van der Waals surface area contributed by atoms with E-state index in [4.69, 9.17) is 15.9 Å². The summed E-state index contributed by atoms with van der Waals surface area (Å²) in [5.74, 6) is 1.21. The molecule has 0 aliphatic heterocycles. The molecule has 1 aromatic heterocycles. The highest BCUT2D eigenvalue weighted by Gasteiger charge is 2.16. The minimum Gasteiger partial charge on any atom is -0.497 e. The Hall–Kier alpha value is -2.53. The van der Waals surface area contributed by atoms with Crippen LogP contribution in [0.25, 0.3) is 10.9 Å². The van der Waals surface area contributed by atoms with Gasteiger partial charge in [0.2, 0.25) is 0 Å². The smallest absolute Gasteiger partial charge is 0.134 e. The van der Waals surface area contributed by atoms with Crippen molar-refractivity contribution in [1.29, 1.82) is 5.41 Å². The molecule has 0 spiro atoms. The average Bonchev–Trinajstić information content (AvgIpc) is 2.63. The van der Waals surface area contributed by atoms with Gasteiger partial charge in [-0.2, -0.15) is 0 Å². The van der Waals surface area contributed by atoms with E-state index >= 15 is 0 Å². The molecule has 3 aromatic rings. The largest absolute Gasteiger partial charge is 0.497 e. The molecule has 0 amide bonds. The van der Waals surface area contributed by atoms with Gasteiger partial charge in [-0.3, -0.25) is 0 Å². The molecule has 130 valence electrons. The summed E-state index contributed by atoms with van der Waals surface area (Å²) in [6, 6.07) is 15.7. The molecule has 25 heavy (non-hydrogen) atoms. The lowest BCUT2D eigenvalue weighted by Gasteiger charge is -2.14. The number of aromatic nitrogens is 1. The van der Waals surface area contributed by atoms with Gasteiger partial charge in [-0.25, -0.2) is 4.98 Å². The number of para-hydroxylation sites is 1. The van der Waals surface area contributed by atoms with Gasteiger partial charge in [0, 0.05) is 20.9 Å². The number of rotatable bonds is 4. The van der Waals surface area contributed by atoms with Crippen molar-refractivity contribution in [3.8, 4) is 5.75 Å². The highest BCUT2D eigenvalue weighted by molar-refractivity contribution is 7.99. The average molecular weight is 353 g/mol. The van der Waals surface area contributed by atoms with Crippen LogP contribution in [0.3, 0.4) is 0 Å². The maximum Gasteiger partial charge on any atom is 0.134 e. The second-order valence-electron chi connectivity index (χ2n) is 5.12. The van der Waals surface area contributed by atoms with Gasteiger partial charge >= 0.3 is 0 Å². The topological polar surface area (TPSA) is 72.0 Å². The minimum atomic E-state index is 0.396. The van der Waals surface area contributed by atoms with E-state index in [1.165, 1.54) is 0 Å². The first-order valence-corrected chi connectivity index (χ1v) is 8.97. The van der Waals surface area contributed by atoms with Crippen molar-refractivity contribution in [3.05, 3.63) is 54.1 Å². The molecule has 0 aliphatic carbocycles. The van der Waals surface area contributed by atoms with E-state index < -0.39 is 0 Å². The maximum absolute atomic E-state index is 8.07. The molecule has 0 bridgehead atoms. The van der Waals surface area contributed by atoms with Crippen molar-refractivity contribution in [1.82, 2.24) is 4.98 Å². The molecule has 0 radical (unpaired) electrons. The number of nitrogens with one attached hydrogen (secondary N) is 1. The van der Waals surface area contributed by atoms with Gasteiger partial charge < -0.3 is 15.9 Å². The molecule has 4 nitrogen and oxygen atoms in total. The second-order valence-corrected chi connectivity index (χ2v) is 6.20. The summed E-state index contributed by atoms with van der Waals surface area (Å²) in [5.41, 5.74) is 8.05. The Labute approximate surface area is 152 Å². The van der Waals surface area contributed by atoms with E-state index in [-0.39, 0.29) is 0 Å². The van der Waals surface area contributed by atoms with Gasteiger partial charge in [-0.1, -0.05) is 43.8 Å². The molecule has 2 aromatic carbocycles. The molecule has 0 unspecified atom stereocenters. The van der Waals surface area contributed by atoms with Crippen molar-refractivity contribution < 1.29 is 4.74 Å². The van der Waals surface area contributed by atoms with Crippen molar-refractivity contribution in [2.24, 2.45) is 0 Å². The Morgan fingerprint density at radius 1 is 1.08 bits per heavy atom. The third-order valence-corrected chi connectivity index (χ3v) is 4.66. The number of nitrogens with two attached hydrogens (primary N) is 1. The highest BCUT2D eigenvalue weighted by Crippen LogP contribution is 2.38. The molecule has 0 fully saturated rings. The van der Waals surface area contributed by atoms with Crippen LogP contribution in [0.2, 0.25) is 0 Å².